The molecule has 1 aliphatic rings. The van der Waals surface area contributed by atoms with Gasteiger partial charge in [-0.05, 0) is 65.7 Å². The number of carbonyl (C=O) groups excluding carboxylic acids is 1. The number of H-pyrrole nitrogens is 1. The fraction of sp³-hybridized carbons (Fsp3) is 0.0714. The molecule has 4 aromatic rings. The van der Waals surface area contributed by atoms with Gasteiger partial charge < -0.3 is 10.1 Å². The Balaban J connectivity index is 1.59. The van der Waals surface area contributed by atoms with Gasteiger partial charge in [0.05, 0.1) is 33.6 Å². The smallest absolute Gasteiger partial charge is 0.416 e. The highest BCUT2D eigenvalue weighted by atomic mass is 19.4. The minimum absolute atomic E-state index is 0.0110. The highest BCUT2D eigenvalue weighted by Gasteiger charge is 2.38. The third-order valence-corrected chi connectivity index (χ3v) is 6.17. The Morgan fingerprint density at radius 3 is 2.21 bits per heavy atom. The average Bonchev–Trinajstić information content (AvgIpc) is 3.45. The Kier molecular flexibility index (Phi) is 6.09. The van der Waals surface area contributed by atoms with E-state index in [0.29, 0.717) is 11.3 Å². The Morgan fingerprint density at radius 1 is 0.821 bits per heavy atom. The average molecular weight is 542 g/mol. The van der Waals surface area contributed by atoms with Crippen LogP contribution in [-0.4, -0.2) is 22.0 Å². The number of anilines is 2. The summed E-state index contributed by atoms with van der Waals surface area (Å²) in [5.41, 5.74) is -0.863. The van der Waals surface area contributed by atoms with Gasteiger partial charge in [-0.2, -0.15) is 26.3 Å². The van der Waals surface area contributed by atoms with Gasteiger partial charge in [0.1, 0.15) is 0 Å². The molecule has 1 amide bonds. The van der Waals surface area contributed by atoms with Gasteiger partial charge in [0.25, 0.3) is 5.91 Å². The summed E-state index contributed by atoms with van der Waals surface area (Å²) in [4.78, 5) is 28.9. The number of aromatic nitrogens is 1. The summed E-state index contributed by atoms with van der Waals surface area (Å²) < 4.78 is 79.9. The molecule has 0 unspecified atom stereocenters. The van der Waals surface area contributed by atoms with Crippen LogP contribution in [0.3, 0.4) is 0 Å². The molecule has 0 bridgehead atoms. The van der Waals surface area contributed by atoms with Gasteiger partial charge in [-0.15, -0.1) is 0 Å². The standard InChI is InChI=1S/C28H16F6N2O3/c29-27(30,31)18-5-1-3-15(9-18)17-10-20(35-14-17)13-23-22-8-7-19(28(32,33)34)12-24(22)36(25(23)37)21-6-2-4-16(11-21)26(38)39/h1-14,35H,(H,38,39)/b23-13-. The summed E-state index contributed by atoms with van der Waals surface area (Å²) >= 11 is 0. The first-order valence-electron chi connectivity index (χ1n) is 11.3. The summed E-state index contributed by atoms with van der Waals surface area (Å²) in [6, 6.07) is 14.2. The number of carbonyl (C=O) groups is 2. The molecule has 1 aliphatic heterocycles. The lowest BCUT2D eigenvalue weighted by Gasteiger charge is -2.19. The Labute approximate surface area is 216 Å². The van der Waals surface area contributed by atoms with Crippen molar-refractivity contribution in [1.29, 1.82) is 0 Å². The number of halogens is 6. The molecule has 1 aromatic heterocycles. The second kappa shape index (κ2) is 9.19. The lowest BCUT2D eigenvalue weighted by molar-refractivity contribution is -0.138. The molecular weight excluding hydrogens is 526 g/mol. The van der Waals surface area contributed by atoms with Gasteiger partial charge in [0, 0.05) is 17.5 Å². The van der Waals surface area contributed by atoms with Gasteiger partial charge in [0.15, 0.2) is 0 Å². The molecule has 5 rings (SSSR count). The summed E-state index contributed by atoms with van der Waals surface area (Å²) in [6.07, 6.45) is -6.40. The van der Waals surface area contributed by atoms with E-state index in [-0.39, 0.29) is 33.6 Å². The largest absolute Gasteiger partial charge is 0.478 e. The van der Waals surface area contributed by atoms with E-state index in [1.54, 1.807) is 0 Å². The molecule has 2 N–H and O–H groups in total. The normalized spacial score (nSPS) is 14.7. The Morgan fingerprint density at radius 2 is 1.51 bits per heavy atom. The Bertz CT molecular complexity index is 1650. The summed E-state index contributed by atoms with van der Waals surface area (Å²) in [7, 11) is 0. The van der Waals surface area contributed by atoms with E-state index in [2.05, 4.69) is 4.98 Å². The number of aromatic carboxylic acids is 1. The van der Waals surface area contributed by atoms with Crippen molar-refractivity contribution in [2.24, 2.45) is 0 Å². The number of hydrogen-bond acceptors (Lipinski definition) is 2. The second-order valence-corrected chi connectivity index (χ2v) is 8.71. The summed E-state index contributed by atoms with van der Waals surface area (Å²) in [5, 5.41) is 9.34. The van der Waals surface area contributed by atoms with Crippen molar-refractivity contribution in [3.63, 3.8) is 0 Å². The van der Waals surface area contributed by atoms with E-state index in [9.17, 15) is 41.0 Å². The van der Waals surface area contributed by atoms with Gasteiger partial charge in [-0.25, -0.2) is 4.79 Å². The summed E-state index contributed by atoms with van der Waals surface area (Å²) in [5.74, 6) is -1.99. The fourth-order valence-electron chi connectivity index (χ4n) is 4.33. The highest BCUT2D eigenvalue weighted by Crippen LogP contribution is 2.45. The summed E-state index contributed by atoms with van der Waals surface area (Å²) in [6.45, 7) is 0. The van der Waals surface area contributed by atoms with Crippen LogP contribution >= 0.6 is 0 Å². The fourth-order valence-corrected chi connectivity index (χ4v) is 4.33. The first-order chi connectivity index (χ1) is 18.3. The monoisotopic (exact) mass is 542 g/mol. The number of nitrogens with zero attached hydrogens (tertiary/aromatic N) is 1. The minimum atomic E-state index is -4.70. The number of carboxylic acids is 1. The molecule has 5 nitrogen and oxygen atoms in total. The van der Waals surface area contributed by atoms with E-state index in [0.717, 1.165) is 35.2 Å². The molecule has 0 saturated heterocycles. The molecule has 0 fully saturated rings. The topological polar surface area (TPSA) is 73.4 Å². The molecule has 39 heavy (non-hydrogen) atoms. The van der Waals surface area contributed by atoms with Crippen LogP contribution in [0.2, 0.25) is 0 Å². The second-order valence-electron chi connectivity index (χ2n) is 8.71. The molecule has 3 aromatic carbocycles. The zero-order valence-corrected chi connectivity index (χ0v) is 19.6. The number of alkyl halides is 6. The molecule has 0 saturated carbocycles. The molecular formula is C28H16F6N2O3. The third kappa shape index (κ3) is 4.90. The van der Waals surface area contributed by atoms with E-state index in [1.807, 2.05) is 0 Å². The molecule has 0 atom stereocenters. The number of fused-ring (bicyclic) bond motifs is 1. The molecule has 0 radical (unpaired) electrons. The number of rotatable bonds is 4. The lowest BCUT2D eigenvalue weighted by atomic mass is 10.0. The van der Waals surface area contributed by atoms with Crippen molar-refractivity contribution in [3.05, 3.63) is 107 Å². The van der Waals surface area contributed by atoms with Crippen LogP contribution in [0.5, 0.6) is 0 Å². The maximum absolute atomic E-state index is 13.5. The Hall–Kier alpha value is -4.80. The molecule has 0 spiro atoms. The maximum Gasteiger partial charge on any atom is 0.416 e. The quantitative estimate of drug-likeness (QED) is 0.206. The van der Waals surface area contributed by atoms with Crippen molar-refractivity contribution >= 4 is 34.9 Å². The predicted molar refractivity (Wildman–Crippen MR) is 131 cm³/mol. The molecule has 11 heteroatoms. The van der Waals surface area contributed by atoms with E-state index in [1.165, 1.54) is 54.7 Å². The zero-order chi connectivity index (χ0) is 28.1. The van der Waals surface area contributed by atoms with Crippen molar-refractivity contribution < 1.29 is 41.0 Å². The van der Waals surface area contributed by atoms with Crippen molar-refractivity contribution in [2.75, 3.05) is 4.90 Å². The number of amides is 1. The van der Waals surface area contributed by atoms with Gasteiger partial charge >= 0.3 is 18.3 Å². The van der Waals surface area contributed by atoms with Crippen LogP contribution in [0.25, 0.3) is 22.8 Å². The number of hydrogen-bond donors (Lipinski definition) is 2. The van der Waals surface area contributed by atoms with Crippen LogP contribution in [0.15, 0.2) is 79.0 Å². The van der Waals surface area contributed by atoms with Crippen LogP contribution in [0.1, 0.15) is 32.7 Å². The third-order valence-electron chi connectivity index (χ3n) is 6.17. The number of carboxylic acid groups (broad SMARTS) is 1. The minimum Gasteiger partial charge on any atom is -0.478 e. The first kappa shape index (κ1) is 25.8. The van der Waals surface area contributed by atoms with Gasteiger partial charge in [0.2, 0.25) is 0 Å². The first-order valence-corrected chi connectivity index (χ1v) is 11.3. The van der Waals surface area contributed by atoms with Crippen LogP contribution in [0.4, 0.5) is 37.7 Å². The van der Waals surface area contributed by atoms with E-state index < -0.39 is 35.4 Å². The zero-order valence-electron chi connectivity index (χ0n) is 19.6. The van der Waals surface area contributed by atoms with Crippen molar-refractivity contribution in [1.82, 2.24) is 4.98 Å². The lowest BCUT2D eigenvalue weighted by Crippen LogP contribution is -2.21. The molecule has 0 aliphatic carbocycles. The van der Waals surface area contributed by atoms with Crippen molar-refractivity contribution in [2.45, 2.75) is 12.4 Å². The number of aromatic amines is 1. The highest BCUT2D eigenvalue weighted by molar-refractivity contribution is 6.38. The van der Waals surface area contributed by atoms with Gasteiger partial charge in [-0.1, -0.05) is 24.3 Å². The number of nitrogens with one attached hydrogen (secondary N) is 1. The van der Waals surface area contributed by atoms with Gasteiger partial charge in [-0.3, -0.25) is 9.69 Å². The van der Waals surface area contributed by atoms with Crippen LogP contribution < -0.4 is 4.90 Å². The van der Waals surface area contributed by atoms with E-state index in [4.69, 9.17) is 0 Å². The van der Waals surface area contributed by atoms with Crippen LogP contribution in [-0.2, 0) is 17.1 Å². The van der Waals surface area contributed by atoms with Crippen molar-refractivity contribution in [3.8, 4) is 11.1 Å². The molecule has 2 heterocycles. The predicted octanol–water partition coefficient (Wildman–Crippen LogP) is 7.64. The molecule has 198 valence electrons. The SMILES string of the molecule is O=C(O)c1cccc(N2C(=O)/C(=C\c3cc(-c4cccc(C(F)(F)F)c4)c[nH]3)c3ccc(C(F)(F)F)cc32)c1. The maximum atomic E-state index is 13.5. The van der Waals surface area contributed by atoms with E-state index >= 15 is 0 Å². The van der Waals surface area contributed by atoms with Crippen LogP contribution in [0, 0.1) is 0 Å². The number of benzene rings is 3.